The molecule has 2 heterocycles. The Morgan fingerprint density at radius 3 is 2.81 bits per heavy atom. The summed E-state index contributed by atoms with van der Waals surface area (Å²) in [6, 6.07) is 5.27. The quantitative estimate of drug-likeness (QED) is 0.811. The summed E-state index contributed by atoms with van der Waals surface area (Å²) in [4.78, 5) is 3.99. The van der Waals surface area contributed by atoms with Crippen LogP contribution in [0.1, 0.15) is 31.4 Å². The van der Waals surface area contributed by atoms with Gasteiger partial charge in [-0.2, -0.15) is 10.4 Å². The molecule has 1 aliphatic rings. The zero-order chi connectivity index (χ0) is 14.9. The van der Waals surface area contributed by atoms with Crippen LogP contribution in [0.4, 0.5) is 4.39 Å². The summed E-state index contributed by atoms with van der Waals surface area (Å²) >= 11 is 6.08. The number of nitriles is 1. The van der Waals surface area contributed by atoms with E-state index in [-0.39, 0.29) is 17.4 Å². The second kappa shape index (κ2) is 5.45. The molecule has 2 aromatic rings. The topological polar surface area (TPSA) is 54.5 Å². The summed E-state index contributed by atoms with van der Waals surface area (Å²) in [5.41, 5.74) is 0.598. The molecule has 0 aromatic carbocycles. The molecule has 1 aliphatic carbocycles. The number of halogens is 2. The molecule has 2 aromatic heterocycles. The lowest BCUT2D eigenvalue weighted by atomic mass is 10.1. The molecule has 4 nitrogen and oxygen atoms in total. The molecule has 0 saturated heterocycles. The monoisotopic (exact) mass is 304 g/mol. The molecule has 0 radical (unpaired) electrons. The summed E-state index contributed by atoms with van der Waals surface area (Å²) in [5.74, 6) is 0. The Kier molecular flexibility index (Phi) is 3.64. The highest BCUT2D eigenvalue weighted by Gasteiger charge is 2.34. The molecule has 0 bridgehead atoms. The van der Waals surface area contributed by atoms with Gasteiger partial charge in [-0.1, -0.05) is 24.4 Å². The highest BCUT2D eigenvalue weighted by molar-refractivity contribution is 6.32. The van der Waals surface area contributed by atoms with Gasteiger partial charge in [0.15, 0.2) is 0 Å². The third kappa shape index (κ3) is 2.91. The predicted molar refractivity (Wildman–Crippen MR) is 77.5 cm³/mol. The van der Waals surface area contributed by atoms with Gasteiger partial charge in [0.05, 0.1) is 12.7 Å². The number of alkyl halides is 1. The van der Waals surface area contributed by atoms with Crippen molar-refractivity contribution in [2.75, 3.05) is 0 Å². The van der Waals surface area contributed by atoms with Crippen LogP contribution in [-0.4, -0.2) is 20.4 Å². The number of nitrogens with zero attached hydrogens (tertiary/aromatic N) is 4. The van der Waals surface area contributed by atoms with Crippen molar-refractivity contribution in [3.8, 4) is 17.2 Å². The molecule has 0 spiro atoms. The first kappa shape index (κ1) is 14.0. The van der Waals surface area contributed by atoms with Crippen molar-refractivity contribution in [3.05, 3.63) is 35.4 Å². The van der Waals surface area contributed by atoms with Crippen LogP contribution in [0, 0.1) is 11.3 Å². The lowest BCUT2D eigenvalue weighted by Gasteiger charge is -2.18. The van der Waals surface area contributed by atoms with Crippen molar-refractivity contribution in [2.45, 2.75) is 37.9 Å². The predicted octanol–water partition coefficient (Wildman–Crippen LogP) is 3.75. The Labute approximate surface area is 127 Å². The van der Waals surface area contributed by atoms with Gasteiger partial charge < -0.3 is 0 Å². The molecule has 0 unspecified atom stereocenters. The Morgan fingerprint density at radius 1 is 1.38 bits per heavy atom. The molecule has 108 valence electrons. The van der Waals surface area contributed by atoms with E-state index >= 15 is 0 Å². The molecule has 1 fully saturated rings. The first-order valence-corrected chi connectivity index (χ1v) is 7.26. The van der Waals surface area contributed by atoms with Crippen molar-refractivity contribution < 1.29 is 4.39 Å². The van der Waals surface area contributed by atoms with Crippen molar-refractivity contribution in [1.82, 2.24) is 14.8 Å². The smallest absolute Gasteiger partial charge is 0.142 e. The maximum atomic E-state index is 14.5. The van der Waals surface area contributed by atoms with Crippen molar-refractivity contribution in [1.29, 1.82) is 5.26 Å². The van der Waals surface area contributed by atoms with E-state index in [0.29, 0.717) is 18.4 Å². The summed E-state index contributed by atoms with van der Waals surface area (Å²) in [6.07, 6.45) is 6.50. The van der Waals surface area contributed by atoms with Crippen LogP contribution in [0.25, 0.3) is 11.1 Å². The number of rotatable bonds is 3. The number of hydrogen-bond donors (Lipinski definition) is 0. The van der Waals surface area contributed by atoms with Gasteiger partial charge in [-0.3, -0.25) is 4.68 Å². The van der Waals surface area contributed by atoms with Crippen molar-refractivity contribution in [2.24, 2.45) is 0 Å². The first-order valence-electron chi connectivity index (χ1n) is 6.88. The molecule has 1 saturated carbocycles. The van der Waals surface area contributed by atoms with Gasteiger partial charge in [-0.25, -0.2) is 9.37 Å². The Bertz CT molecular complexity index is 698. The van der Waals surface area contributed by atoms with Crippen LogP contribution >= 0.6 is 11.6 Å². The minimum absolute atomic E-state index is 0.254. The molecular formula is C15H14ClFN4. The maximum Gasteiger partial charge on any atom is 0.142 e. The molecule has 0 atom stereocenters. The van der Waals surface area contributed by atoms with Gasteiger partial charge in [0.2, 0.25) is 0 Å². The van der Waals surface area contributed by atoms with Gasteiger partial charge in [0.1, 0.15) is 22.6 Å². The van der Waals surface area contributed by atoms with Crippen LogP contribution in [0.5, 0.6) is 0 Å². The highest BCUT2D eigenvalue weighted by Crippen LogP contribution is 2.35. The molecule has 0 N–H and O–H groups in total. The van der Waals surface area contributed by atoms with Crippen LogP contribution < -0.4 is 0 Å². The lowest BCUT2D eigenvalue weighted by Crippen LogP contribution is -2.25. The third-order valence-corrected chi connectivity index (χ3v) is 4.14. The Balaban J connectivity index is 1.83. The fourth-order valence-corrected chi connectivity index (χ4v) is 3.02. The first-order chi connectivity index (χ1) is 10.1. The van der Waals surface area contributed by atoms with Gasteiger partial charge in [-0.15, -0.1) is 0 Å². The van der Waals surface area contributed by atoms with Crippen molar-refractivity contribution >= 4 is 11.6 Å². The van der Waals surface area contributed by atoms with Crippen LogP contribution in [0.15, 0.2) is 24.5 Å². The molecule has 3 rings (SSSR count). The van der Waals surface area contributed by atoms with Crippen LogP contribution in [-0.2, 0) is 6.54 Å². The SMILES string of the molecule is N#Cc1ccc(-c2cnn(CC3(F)CCCC3)c2)c(Cl)n1. The minimum Gasteiger partial charge on any atom is -0.269 e. The number of pyridine rings is 1. The van der Waals surface area contributed by atoms with E-state index in [4.69, 9.17) is 16.9 Å². The summed E-state index contributed by atoms with van der Waals surface area (Å²) in [5, 5.41) is 13.3. The third-order valence-electron chi connectivity index (χ3n) is 3.85. The second-order valence-electron chi connectivity index (χ2n) is 5.43. The Hall–Kier alpha value is -1.93. The van der Waals surface area contributed by atoms with Crippen molar-refractivity contribution in [3.63, 3.8) is 0 Å². The van der Waals surface area contributed by atoms with Gasteiger partial charge in [0, 0.05) is 17.3 Å². The maximum absolute atomic E-state index is 14.5. The minimum atomic E-state index is -1.14. The number of hydrogen-bond acceptors (Lipinski definition) is 3. The van der Waals surface area contributed by atoms with E-state index < -0.39 is 5.67 Å². The van der Waals surface area contributed by atoms with Crippen LogP contribution in [0.2, 0.25) is 5.15 Å². The van der Waals surface area contributed by atoms with E-state index in [1.807, 2.05) is 6.07 Å². The second-order valence-corrected chi connectivity index (χ2v) is 5.79. The zero-order valence-corrected chi connectivity index (χ0v) is 12.1. The molecular weight excluding hydrogens is 291 g/mol. The normalized spacial score (nSPS) is 16.8. The van der Waals surface area contributed by atoms with Gasteiger partial charge in [-0.05, 0) is 25.0 Å². The van der Waals surface area contributed by atoms with Crippen LogP contribution in [0.3, 0.4) is 0 Å². The fourth-order valence-electron chi connectivity index (χ4n) is 2.76. The fraction of sp³-hybridized carbons (Fsp3) is 0.400. The summed E-state index contributed by atoms with van der Waals surface area (Å²) in [7, 11) is 0. The Morgan fingerprint density at radius 2 is 2.14 bits per heavy atom. The standard InChI is InChI=1S/C15H14ClFN4/c16-14-13(4-3-12(7-18)20-14)11-8-19-21(9-11)10-15(17)5-1-2-6-15/h3-4,8-9H,1-2,5-6,10H2. The summed E-state index contributed by atoms with van der Waals surface area (Å²) in [6.45, 7) is 0.272. The average Bonchev–Trinajstić information content (AvgIpc) is 3.08. The average molecular weight is 305 g/mol. The van der Waals surface area contributed by atoms with Gasteiger partial charge >= 0.3 is 0 Å². The number of aromatic nitrogens is 3. The molecule has 21 heavy (non-hydrogen) atoms. The molecule has 0 aliphatic heterocycles. The van der Waals surface area contributed by atoms with E-state index in [9.17, 15) is 4.39 Å². The zero-order valence-electron chi connectivity index (χ0n) is 11.4. The van der Waals surface area contributed by atoms with E-state index in [2.05, 4.69) is 10.1 Å². The molecule has 6 heteroatoms. The molecule has 0 amide bonds. The van der Waals surface area contributed by atoms with E-state index in [1.54, 1.807) is 29.2 Å². The van der Waals surface area contributed by atoms with Gasteiger partial charge in [0.25, 0.3) is 0 Å². The van der Waals surface area contributed by atoms with E-state index in [0.717, 1.165) is 18.4 Å². The largest absolute Gasteiger partial charge is 0.269 e. The highest BCUT2D eigenvalue weighted by atomic mass is 35.5. The van der Waals surface area contributed by atoms with E-state index in [1.165, 1.54) is 0 Å². The lowest BCUT2D eigenvalue weighted by molar-refractivity contribution is 0.139. The summed E-state index contributed by atoms with van der Waals surface area (Å²) < 4.78 is 16.1.